The van der Waals surface area contributed by atoms with Gasteiger partial charge in [0.05, 0.1) is 12.1 Å². The second-order valence-corrected chi connectivity index (χ2v) is 7.44. The van der Waals surface area contributed by atoms with Crippen LogP contribution in [-0.2, 0) is 16.1 Å². The molecular formula is C21H21F3N2O2. The van der Waals surface area contributed by atoms with Gasteiger partial charge in [0, 0.05) is 24.3 Å². The molecule has 2 aliphatic heterocycles. The van der Waals surface area contributed by atoms with Crippen molar-refractivity contribution in [3.8, 4) is 0 Å². The minimum atomic E-state index is -0.609. The van der Waals surface area contributed by atoms with Crippen LogP contribution in [0.25, 0.3) is 0 Å². The molecule has 2 heterocycles. The van der Waals surface area contributed by atoms with E-state index in [2.05, 4.69) is 0 Å². The predicted molar refractivity (Wildman–Crippen MR) is 98.3 cm³/mol. The van der Waals surface area contributed by atoms with Gasteiger partial charge in [-0.15, -0.1) is 0 Å². The Hall–Kier alpha value is -2.38. The number of carbonyl (C=O) groups excluding carboxylic acids is 1. The molecule has 1 amide bonds. The third kappa shape index (κ3) is 3.77. The Kier molecular flexibility index (Phi) is 5.12. The van der Waals surface area contributed by atoms with Gasteiger partial charge in [-0.25, -0.2) is 13.2 Å². The zero-order valence-corrected chi connectivity index (χ0v) is 15.3. The summed E-state index contributed by atoms with van der Waals surface area (Å²) >= 11 is 0. The minimum absolute atomic E-state index is 0.0434. The van der Waals surface area contributed by atoms with Crippen LogP contribution < -0.4 is 4.90 Å². The van der Waals surface area contributed by atoms with Gasteiger partial charge in [0.2, 0.25) is 0 Å². The normalized spacial score (nSPS) is 23.4. The van der Waals surface area contributed by atoms with E-state index in [1.165, 1.54) is 30.3 Å². The summed E-state index contributed by atoms with van der Waals surface area (Å²) in [6, 6.07) is 9.64. The molecule has 28 heavy (non-hydrogen) atoms. The molecule has 4 rings (SSSR count). The summed E-state index contributed by atoms with van der Waals surface area (Å²) in [5.74, 6) is -1.68. The molecule has 2 aromatic carbocycles. The Bertz CT molecular complexity index is 854. The van der Waals surface area contributed by atoms with Gasteiger partial charge in [-0.1, -0.05) is 6.07 Å². The molecule has 0 N–H and O–H groups in total. The van der Waals surface area contributed by atoms with Crippen molar-refractivity contribution in [1.82, 2.24) is 4.90 Å². The number of amides is 1. The number of ether oxygens (including phenoxy) is 1. The topological polar surface area (TPSA) is 32.8 Å². The van der Waals surface area contributed by atoms with Crippen molar-refractivity contribution in [3.63, 3.8) is 0 Å². The van der Waals surface area contributed by atoms with Crippen LogP contribution in [0.3, 0.4) is 0 Å². The fraction of sp³-hybridized carbons (Fsp3) is 0.381. The van der Waals surface area contributed by atoms with Crippen molar-refractivity contribution in [2.75, 3.05) is 31.1 Å². The number of hydrogen-bond acceptors (Lipinski definition) is 3. The van der Waals surface area contributed by atoms with E-state index in [1.807, 2.05) is 4.90 Å². The standard InChI is InChI=1S/C21H21F3N2O2/c22-15-5-7-16(8-6-15)26-14-21(28-12-20(26)27)9-2-10-25(13-21)11-17-18(23)3-1-4-19(17)24/h1,3-8H,2,9-14H2. The molecule has 148 valence electrons. The largest absolute Gasteiger partial charge is 0.362 e. The molecule has 4 nitrogen and oxygen atoms in total. The molecule has 2 fully saturated rings. The number of benzene rings is 2. The second kappa shape index (κ2) is 7.56. The molecule has 1 spiro atoms. The van der Waals surface area contributed by atoms with E-state index >= 15 is 0 Å². The number of anilines is 1. The van der Waals surface area contributed by atoms with E-state index in [-0.39, 0.29) is 30.4 Å². The summed E-state index contributed by atoms with van der Waals surface area (Å²) in [6.45, 7) is 1.57. The first-order chi connectivity index (χ1) is 13.5. The van der Waals surface area contributed by atoms with E-state index in [0.29, 0.717) is 25.3 Å². The Morgan fingerprint density at radius 2 is 1.71 bits per heavy atom. The molecule has 1 atom stereocenters. The molecule has 0 aromatic heterocycles. The molecule has 0 aliphatic carbocycles. The van der Waals surface area contributed by atoms with Gasteiger partial charge < -0.3 is 9.64 Å². The fourth-order valence-corrected chi connectivity index (χ4v) is 4.05. The van der Waals surface area contributed by atoms with Crippen LogP contribution in [0.1, 0.15) is 18.4 Å². The first kappa shape index (κ1) is 19.0. The SMILES string of the molecule is O=C1COC2(CCCN(Cc3c(F)cccc3F)C2)CN1c1ccc(F)cc1. The lowest BCUT2D eigenvalue weighted by atomic mass is 9.90. The van der Waals surface area contributed by atoms with E-state index in [4.69, 9.17) is 4.74 Å². The summed E-state index contributed by atoms with van der Waals surface area (Å²) < 4.78 is 47.2. The van der Waals surface area contributed by atoms with E-state index in [0.717, 1.165) is 12.8 Å². The van der Waals surface area contributed by atoms with Crippen molar-refractivity contribution in [2.45, 2.75) is 25.0 Å². The van der Waals surface area contributed by atoms with E-state index in [9.17, 15) is 18.0 Å². The third-order valence-corrected chi connectivity index (χ3v) is 5.45. The first-order valence-electron chi connectivity index (χ1n) is 9.31. The van der Waals surface area contributed by atoms with Gasteiger partial charge in [0.25, 0.3) is 5.91 Å². The summed E-state index contributed by atoms with van der Waals surface area (Å²) in [6.07, 6.45) is 1.54. The maximum absolute atomic E-state index is 14.0. The van der Waals surface area contributed by atoms with Crippen LogP contribution >= 0.6 is 0 Å². The Morgan fingerprint density at radius 1 is 1.00 bits per heavy atom. The van der Waals surface area contributed by atoms with Gasteiger partial charge in [0.1, 0.15) is 24.1 Å². The number of hydrogen-bond donors (Lipinski definition) is 0. The van der Waals surface area contributed by atoms with Gasteiger partial charge in [-0.2, -0.15) is 0 Å². The highest BCUT2D eigenvalue weighted by atomic mass is 19.1. The number of likely N-dealkylation sites (tertiary alicyclic amines) is 1. The van der Waals surface area contributed by atoms with Crippen LogP contribution in [0.5, 0.6) is 0 Å². The van der Waals surface area contributed by atoms with E-state index < -0.39 is 17.2 Å². The quantitative estimate of drug-likeness (QED) is 0.804. The lowest BCUT2D eigenvalue weighted by Crippen LogP contribution is -2.61. The van der Waals surface area contributed by atoms with Gasteiger partial charge in [0.15, 0.2) is 0 Å². The molecule has 0 bridgehead atoms. The van der Waals surface area contributed by atoms with Crippen LogP contribution in [0.2, 0.25) is 0 Å². The number of morpholine rings is 1. The van der Waals surface area contributed by atoms with E-state index in [1.54, 1.807) is 17.0 Å². The molecule has 0 saturated carbocycles. The first-order valence-corrected chi connectivity index (χ1v) is 9.31. The second-order valence-electron chi connectivity index (χ2n) is 7.44. The third-order valence-electron chi connectivity index (χ3n) is 5.45. The van der Waals surface area contributed by atoms with Crippen LogP contribution in [0.4, 0.5) is 18.9 Å². The number of carbonyl (C=O) groups is 1. The zero-order valence-electron chi connectivity index (χ0n) is 15.3. The zero-order chi connectivity index (χ0) is 19.7. The lowest BCUT2D eigenvalue weighted by molar-refractivity contribution is -0.146. The molecule has 2 aliphatic rings. The molecule has 1 unspecified atom stereocenters. The average molecular weight is 390 g/mol. The van der Waals surface area contributed by atoms with Crippen molar-refractivity contribution >= 4 is 11.6 Å². The molecule has 2 aromatic rings. The summed E-state index contributed by atoms with van der Waals surface area (Å²) in [5, 5.41) is 0. The highest BCUT2D eigenvalue weighted by molar-refractivity contribution is 5.95. The Balaban J connectivity index is 1.52. The maximum atomic E-state index is 14.0. The van der Waals surface area contributed by atoms with Crippen molar-refractivity contribution in [1.29, 1.82) is 0 Å². The predicted octanol–water partition coefficient (Wildman–Crippen LogP) is 3.50. The number of piperidine rings is 1. The molecular weight excluding hydrogens is 369 g/mol. The average Bonchev–Trinajstić information content (AvgIpc) is 2.68. The number of nitrogens with zero attached hydrogens (tertiary/aromatic N) is 2. The van der Waals surface area contributed by atoms with Crippen LogP contribution in [0, 0.1) is 17.5 Å². The van der Waals surface area contributed by atoms with Crippen molar-refractivity contribution < 1.29 is 22.7 Å². The highest BCUT2D eigenvalue weighted by Gasteiger charge is 2.43. The maximum Gasteiger partial charge on any atom is 0.253 e. The summed E-state index contributed by atoms with van der Waals surface area (Å²) in [5.41, 5.74) is 0.0515. The van der Waals surface area contributed by atoms with Gasteiger partial charge in [-0.05, 0) is 55.8 Å². The van der Waals surface area contributed by atoms with Crippen molar-refractivity contribution in [3.05, 3.63) is 65.5 Å². The highest BCUT2D eigenvalue weighted by Crippen LogP contribution is 2.32. The molecule has 7 heteroatoms. The van der Waals surface area contributed by atoms with Crippen LogP contribution in [-0.4, -0.2) is 42.6 Å². The van der Waals surface area contributed by atoms with Crippen molar-refractivity contribution in [2.24, 2.45) is 0 Å². The number of halogens is 3. The Labute approximate surface area is 161 Å². The number of rotatable bonds is 3. The fourth-order valence-electron chi connectivity index (χ4n) is 4.05. The monoisotopic (exact) mass is 390 g/mol. The van der Waals surface area contributed by atoms with Gasteiger partial charge >= 0.3 is 0 Å². The van der Waals surface area contributed by atoms with Gasteiger partial charge in [-0.3, -0.25) is 9.69 Å². The Morgan fingerprint density at radius 3 is 2.43 bits per heavy atom. The minimum Gasteiger partial charge on any atom is -0.362 e. The van der Waals surface area contributed by atoms with Crippen LogP contribution in [0.15, 0.2) is 42.5 Å². The smallest absolute Gasteiger partial charge is 0.253 e. The summed E-state index contributed by atoms with van der Waals surface area (Å²) in [7, 11) is 0. The molecule has 0 radical (unpaired) electrons. The molecule has 2 saturated heterocycles. The lowest BCUT2D eigenvalue weighted by Gasteiger charge is -2.47. The summed E-state index contributed by atoms with van der Waals surface area (Å²) in [4.78, 5) is 15.9.